The minimum atomic E-state index is -0.260. The third-order valence-electron chi connectivity index (χ3n) is 5.80. The molecule has 0 saturated carbocycles. The Balaban J connectivity index is 2.12. The molecule has 0 amide bonds. The molecule has 0 radical (unpaired) electrons. The molecule has 0 aliphatic carbocycles. The van der Waals surface area contributed by atoms with Gasteiger partial charge < -0.3 is 10.0 Å². The van der Waals surface area contributed by atoms with Crippen LogP contribution in [0.25, 0.3) is 0 Å². The van der Waals surface area contributed by atoms with Gasteiger partial charge in [0, 0.05) is 29.0 Å². The van der Waals surface area contributed by atoms with Crippen LogP contribution in [0.15, 0.2) is 54.6 Å². The van der Waals surface area contributed by atoms with Gasteiger partial charge in [-0.2, -0.15) is 0 Å². The van der Waals surface area contributed by atoms with Gasteiger partial charge in [-0.25, -0.2) is 0 Å². The van der Waals surface area contributed by atoms with E-state index in [-0.39, 0.29) is 17.9 Å². The number of nitrogens with zero attached hydrogens (tertiary/aromatic N) is 1. The summed E-state index contributed by atoms with van der Waals surface area (Å²) in [6, 6.07) is 19.0. The standard InChI is InChI=1S/C21H26ClNO/c1-21(16-7-4-3-5-8-16,17-10-12-18(22)13-11-17)19(15-24)20-9-6-14-23(20)2/h3-5,7-8,10-13,19-20,24H,6,9,14-15H2,1-2H3. The first-order valence-corrected chi connectivity index (χ1v) is 9.08. The van der Waals surface area contributed by atoms with E-state index in [0.29, 0.717) is 6.04 Å². The number of halogens is 1. The summed E-state index contributed by atoms with van der Waals surface area (Å²) in [7, 11) is 2.17. The molecule has 2 aromatic carbocycles. The molecule has 1 saturated heterocycles. The zero-order valence-corrected chi connectivity index (χ0v) is 15.2. The summed E-state index contributed by atoms with van der Waals surface area (Å²) in [5.74, 6) is 0.133. The maximum atomic E-state index is 10.4. The molecule has 24 heavy (non-hydrogen) atoms. The van der Waals surface area contributed by atoms with Crippen LogP contribution in [-0.4, -0.2) is 36.2 Å². The summed E-state index contributed by atoms with van der Waals surface area (Å²) in [6.45, 7) is 3.54. The molecule has 3 atom stereocenters. The number of likely N-dealkylation sites (tertiary alicyclic amines) is 1. The van der Waals surface area contributed by atoms with Gasteiger partial charge >= 0.3 is 0 Å². The van der Waals surface area contributed by atoms with Gasteiger partial charge in [-0.05, 0) is 49.7 Å². The SMILES string of the molecule is CN1CCCC1C(CO)C(C)(c1ccccc1)c1ccc(Cl)cc1. The lowest BCUT2D eigenvalue weighted by atomic mass is 9.64. The number of benzene rings is 2. The Morgan fingerprint density at radius 2 is 1.75 bits per heavy atom. The van der Waals surface area contributed by atoms with Crippen molar-refractivity contribution in [2.75, 3.05) is 20.2 Å². The Kier molecular flexibility index (Phi) is 5.29. The van der Waals surface area contributed by atoms with E-state index < -0.39 is 0 Å². The van der Waals surface area contributed by atoms with E-state index >= 15 is 0 Å². The van der Waals surface area contributed by atoms with Gasteiger partial charge in [0.15, 0.2) is 0 Å². The maximum absolute atomic E-state index is 10.4. The van der Waals surface area contributed by atoms with E-state index in [1.807, 2.05) is 18.2 Å². The van der Waals surface area contributed by atoms with Gasteiger partial charge in [-0.15, -0.1) is 0 Å². The average molecular weight is 344 g/mol. The number of aliphatic hydroxyl groups is 1. The van der Waals surface area contributed by atoms with Crippen molar-refractivity contribution in [2.45, 2.75) is 31.2 Å². The Morgan fingerprint density at radius 1 is 1.12 bits per heavy atom. The Morgan fingerprint density at radius 3 is 2.29 bits per heavy atom. The number of aliphatic hydroxyl groups excluding tert-OH is 1. The molecule has 1 fully saturated rings. The Bertz CT molecular complexity index is 657. The van der Waals surface area contributed by atoms with Gasteiger partial charge in [-0.1, -0.05) is 61.0 Å². The molecule has 2 aromatic rings. The molecule has 3 unspecified atom stereocenters. The average Bonchev–Trinajstić information content (AvgIpc) is 3.02. The number of rotatable bonds is 5. The minimum absolute atomic E-state index is 0.133. The largest absolute Gasteiger partial charge is 0.396 e. The molecule has 3 heteroatoms. The molecule has 1 heterocycles. The van der Waals surface area contributed by atoms with Crippen molar-refractivity contribution in [3.63, 3.8) is 0 Å². The lowest BCUT2D eigenvalue weighted by molar-refractivity contribution is 0.0994. The van der Waals surface area contributed by atoms with Crippen molar-refractivity contribution in [1.82, 2.24) is 4.90 Å². The molecule has 3 rings (SSSR count). The topological polar surface area (TPSA) is 23.5 Å². The van der Waals surface area contributed by atoms with Gasteiger partial charge in [0.1, 0.15) is 0 Å². The first-order valence-electron chi connectivity index (χ1n) is 8.70. The fraction of sp³-hybridized carbons (Fsp3) is 0.429. The number of hydrogen-bond acceptors (Lipinski definition) is 2. The number of hydrogen-bond donors (Lipinski definition) is 1. The first kappa shape index (κ1) is 17.5. The Hall–Kier alpha value is -1.35. The lowest BCUT2D eigenvalue weighted by Gasteiger charge is -2.43. The summed E-state index contributed by atoms with van der Waals surface area (Å²) >= 11 is 6.11. The smallest absolute Gasteiger partial charge is 0.0485 e. The van der Waals surface area contributed by atoms with Crippen molar-refractivity contribution < 1.29 is 5.11 Å². The van der Waals surface area contributed by atoms with Crippen molar-refractivity contribution in [2.24, 2.45) is 5.92 Å². The predicted octanol–water partition coefficient (Wildman–Crippen LogP) is 4.35. The lowest BCUT2D eigenvalue weighted by Crippen LogP contribution is -2.47. The molecule has 2 nitrogen and oxygen atoms in total. The highest BCUT2D eigenvalue weighted by Gasteiger charge is 2.44. The zero-order valence-electron chi connectivity index (χ0n) is 14.5. The van der Waals surface area contributed by atoms with E-state index in [1.165, 1.54) is 17.5 Å². The van der Waals surface area contributed by atoms with Crippen LogP contribution in [0.2, 0.25) is 5.02 Å². The van der Waals surface area contributed by atoms with E-state index in [2.05, 4.69) is 55.3 Å². The van der Waals surface area contributed by atoms with Crippen LogP contribution in [0.3, 0.4) is 0 Å². The second-order valence-corrected chi connectivity index (χ2v) is 7.49. The predicted molar refractivity (Wildman–Crippen MR) is 101 cm³/mol. The molecular weight excluding hydrogens is 318 g/mol. The van der Waals surface area contributed by atoms with Crippen LogP contribution in [0.1, 0.15) is 30.9 Å². The summed E-state index contributed by atoms with van der Waals surface area (Å²) in [5.41, 5.74) is 2.19. The second kappa shape index (κ2) is 7.26. The van der Waals surface area contributed by atoms with Crippen molar-refractivity contribution in [3.8, 4) is 0 Å². The van der Waals surface area contributed by atoms with Crippen LogP contribution < -0.4 is 0 Å². The maximum Gasteiger partial charge on any atom is 0.0485 e. The van der Waals surface area contributed by atoms with Gasteiger partial charge in [-0.3, -0.25) is 0 Å². The monoisotopic (exact) mass is 343 g/mol. The van der Waals surface area contributed by atoms with Crippen LogP contribution in [-0.2, 0) is 5.41 Å². The van der Waals surface area contributed by atoms with Crippen molar-refractivity contribution in [1.29, 1.82) is 0 Å². The fourth-order valence-corrected chi connectivity index (χ4v) is 4.43. The van der Waals surface area contributed by atoms with E-state index in [1.54, 1.807) is 0 Å². The summed E-state index contributed by atoms with van der Waals surface area (Å²) < 4.78 is 0. The molecule has 0 bridgehead atoms. The quantitative estimate of drug-likeness (QED) is 0.872. The normalized spacial score (nSPS) is 22.2. The fourth-order valence-electron chi connectivity index (χ4n) is 4.31. The van der Waals surface area contributed by atoms with E-state index in [4.69, 9.17) is 11.6 Å². The van der Waals surface area contributed by atoms with Crippen LogP contribution in [0, 0.1) is 5.92 Å². The summed E-state index contributed by atoms with van der Waals surface area (Å²) in [5, 5.41) is 11.1. The van der Waals surface area contributed by atoms with E-state index in [0.717, 1.165) is 18.0 Å². The highest BCUT2D eigenvalue weighted by atomic mass is 35.5. The van der Waals surface area contributed by atoms with Gasteiger partial charge in [0.25, 0.3) is 0 Å². The zero-order chi connectivity index (χ0) is 17.2. The summed E-state index contributed by atoms with van der Waals surface area (Å²) in [6.07, 6.45) is 2.33. The van der Waals surface area contributed by atoms with Crippen LogP contribution in [0.4, 0.5) is 0 Å². The molecule has 0 aromatic heterocycles. The molecule has 1 N–H and O–H groups in total. The molecule has 1 aliphatic rings. The van der Waals surface area contributed by atoms with Crippen LogP contribution in [0.5, 0.6) is 0 Å². The summed E-state index contributed by atoms with van der Waals surface area (Å²) in [4.78, 5) is 2.40. The molecule has 128 valence electrons. The van der Waals surface area contributed by atoms with Crippen molar-refractivity contribution in [3.05, 3.63) is 70.7 Å². The highest BCUT2D eigenvalue weighted by Crippen LogP contribution is 2.43. The highest BCUT2D eigenvalue weighted by molar-refractivity contribution is 6.30. The van der Waals surface area contributed by atoms with Gasteiger partial charge in [0.05, 0.1) is 0 Å². The van der Waals surface area contributed by atoms with Crippen LogP contribution >= 0.6 is 11.6 Å². The first-order chi connectivity index (χ1) is 11.6. The molecule has 1 aliphatic heterocycles. The van der Waals surface area contributed by atoms with E-state index in [9.17, 15) is 5.11 Å². The Labute approximate surface area is 150 Å². The third kappa shape index (κ3) is 3.11. The molecular formula is C21H26ClNO. The molecule has 0 spiro atoms. The minimum Gasteiger partial charge on any atom is -0.396 e. The third-order valence-corrected chi connectivity index (χ3v) is 6.05. The van der Waals surface area contributed by atoms with Gasteiger partial charge in [0.2, 0.25) is 0 Å². The second-order valence-electron chi connectivity index (χ2n) is 7.05. The van der Waals surface area contributed by atoms with Crippen molar-refractivity contribution >= 4 is 11.6 Å².